The molecule has 7 nitrogen and oxygen atoms in total. The van der Waals surface area contributed by atoms with E-state index in [1.807, 2.05) is 0 Å². The Kier molecular flexibility index (Phi) is 3.59. The molecule has 2 N–H and O–H groups in total. The van der Waals surface area contributed by atoms with Crippen LogP contribution in [0.5, 0.6) is 0 Å². The number of anilines is 2. The molecule has 17 heavy (non-hydrogen) atoms. The van der Waals surface area contributed by atoms with Crippen molar-refractivity contribution in [3.63, 3.8) is 0 Å². The monoisotopic (exact) mass is 314 g/mol. The van der Waals surface area contributed by atoms with Crippen molar-refractivity contribution in [2.24, 2.45) is 0 Å². The Labute approximate surface area is 109 Å². The molecule has 0 saturated carbocycles. The third kappa shape index (κ3) is 2.74. The molecule has 0 aliphatic heterocycles. The lowest BCUT2D eigenvalue weighted by molar-refractivity contribution is 0.102. The van der Waals surface area contributed by atoms with Crippen LogP contribution in [0.25, 0.3) is 0 Å². The van der Waals surface area contributed by atoms with E-state index in [1.54, 1.807) is 19.3 Å². The smallest absolute Gasteiger partial charge is 0.261 e. The van der Waals surface area contributed by atoms with Gasteiger partial charge in [-0.25, -0.2) is 4.98 Å². The van der Waals surface area contributed by atoms with E-state index in [-0.39, 0.29) is 5.91 Å². The fraction of sp³-hybridized carbons (Fsp3) is 0.125. The molecule has 0 bridgehead atoms. The molecule has 2 rings (SSSR count). The SMILES string of the molecule is CNc1ncc(Br)cc1C(=O)Nc1nnns1. The van der Waals surface area contributed by atoms with Gasteiger partial charge in [0.05, 0.1) is 5.56 Å². The minimum Gasteiger partial charge on any atom is -0.372 e. The summed E-state index contributed by atoms with van der Waals surface area (Å²) in [5.41, 5.74) is 0.414. The standard InChI is InChI=1S/C8H7BrN6OS/c1-10-6-5(2-4(9)3-11-6)7(16)12-8-13-14-15-17-8/h2-3H,1H3,(H,10,11)(H,12,13,15,16). The number of halogens is 1. The van der Waals surface area contributed by atoms with Gasteiger partial charge in [-0.15, -0.1) is 0 Å². The van der Waals surface area contributed by atoms with Crippen molar-refractivity contribution < 1.29 is 4.79 Å². The molecule has 0 aliphatic carbocycles. The van der Waals surface area contributed by atoms with Gasteiger partial charge in [0.1, 0.15) is 5.82 Å². The summed E-state index contributed by atoms with van der Waals surface area (Å²) in [5, 5.41) is 12.8. The van der Waals surface area contributed by atoms with Crippen molar-refractivity contribution in [2.45, 2.75) is 0 Å². The maximum atomic E-state index is 11.9. The van der Waals surface area contributed by atoms with Crippen molar-refractivity contribution in [3.05, 3.63) is 22.3 Å². The predicted octanol–water partition coefficient (Wildman–Crippen LogP) is 1.38. The molecule has 2 heterocycles. The number of nitrogens with one attached hydrogen (secondary N) is 2. The summed E-state index contributed by atoms with van der Waals surface area (Å²) in [6, 6.07) is 1.67. The molecule has 0 saturated heterocycles. The Morgan fingerprint density at radius 2 is 2.35 bits per heavy atom. The molecule has 2 aromatic heterocycles. The van der Waals surface area contributed by atoms with E-state index in [1.165, 1.54) is 0 Å². The van der Waals surface area contributed by atoms with Crippen LogP contribution in [0.15, 0.2) is 16.7 Å². The van der Waals surface area contributed by atoms with Crippen LogP contribution in [0.1, 0.15) is 10.4 Å². The summed E-state index contributed by atoms with van der Waals surface area (Å²) < 4.78 is 4.27. The molecule has 0 aromatic carbocycles. The van der Waals surface area contributed by atoms with Gasteiger partial charge in [-0.1, -0.05) is 9.59 Å². The van der Waals surface area contributed by atoms with Gasteiger partial charge in [-0.05, 0) is 27.2 Å². The summed E-state index contributed by atoms with van der Waals surface area (Å²) in [7, 11) is 1.69. The van der Waals surface area contributed by atoms with Crippen LogP contribution in [-0.2, 0) is 0 Å². The second-order valence-electron chi connectivity index (χ2n) is 2.92. The zero-order chi connectivity index (χ0) is 12.3. The molecule has 0 atom stereocenters. The van der Waals surface area contributed by atoms with E-state index in [4.69, 9.17) is 0 Å². The summed E-state index contributed by atoms with van der Waals surface area (Å²) in [5.74, 6) is 0.171. The van der Waals surface area contributed by atoms with Crippen LogP contribution in [-0.4, -0.2) is 32.7 Å². The number of carbonyl (C=O) groups excluding carboxylic acids is 1. The van der Waals surface area contributed by atoms with Crippen molar-refractivity contribution in [1.82, 2.24) is 19.8 Å². The first-order valence-electron chi connectivity index (χ1n) is 4.50. The number of pyridine rings is 1. The Morgan fingerprint density at radius 1 is 1.53 bits per heavy atom. The lowest BCUT2D eigenvalue weighted by Crippen LogP contribution is -2.14. The highest BCUT2D eigenvalue weighted by atomic mass is 79.9. The topological polar surface area (TPSA) is 92.7 Å². The lowest BCUT2D eigenvalue weighted by Gasteiger charge is -2.07. The summed E-state index contributed by atoms with van der Waals surface area (Å²) >= 11 is 4.27. The predicted molar refractivity (Wildman–Crippen MR) is 67.1 cm³/mol. The molecule has 0 radical (unpaired) electrons. The number of hydrogen-bond acceptors (Lipinski definition) is 7. The Bertz CT molecular complexity index is 531. The first kappa shape index (κ1) is 11.9. The van der Waals surface area contributed by atoms with Crippen LogP contribution >= 0.6 is 27.5 Å². The molecule has 0 aliphatic rings. The third-order valence-electron chi connectivity index (χ3n) is 1.86. The van der Waals surface area contributed by atoms with E-state index in [9.17, 15) is 4.79 Å². The maximum Gasteiger partial charge on any atom is 0.261 e. The first-order chi connectivity index (χ1) is 8.20. The average Bonchev–Trinajstić information content (AvgIpc) is 2.81. The van der Waals surface area contributed by atoms with Gasteiger partial charge in [-0.3, -0.25) is 10.1 Å². The minimum atomic E-state index is -0.318. The van der Waals surface area contributed by atoms with Crippen LogP contribution in [0.4, 0.5) is 10.9 Å². The average molecular weight is 315 g/mol. The molecule has 88 valence electrons. The van der Waals surface area contributed by atoms with Gasteiger partial charge in [0, 0.05) is 29.2 Å². The largest absolute Gasteiger partial charge is 0.372 e. The van der Waals surface area contributed by atoms with E-state index in [0.29, 0.717) is 16.5 Å². The zero-order valence-corrected chi connectivity index (χ0v) is 11.0. The van der Waals surface area contributed by atoms with E-state index >= 15 is 0 Å². The molecule has 0 spiro atoms. The molecule has 1 amide bonds. The van der Waals surface area contributed by atoms with Gasteiger partial charge in [-0.2, -0.15) is 0 Å². The van der Waals surface area contributed by atoms with Crippen LogP contribution < -0.4 is 10.6 Å². The second-order valence-corrected chi connectivity index (χ2v) is 4.57. The van der Waals surface area contributed by atoms with E-state index < -0.39 is 0 Å². The lowest BCUT2D eigenvalue weighted by atomic mass is 10.2. The molecule has 2 aromatic rings. The normalized spacial score (nSPS) is 10.0. The van der Waals surface area contributed by atoms with Gasteiger partial charge in [0.15, 0.2) is 0 Å². The quantitative estimate of drug-likeness (QED) is 0.889. The summed E-state index contributed by atoms with van der Waals surface area (Å²) in [6.45, 7) is 0. The number of aromatic nitrogens is 4. The van der Waals surface area contributed by atoms with Crippen LogP contribution in [0, 0.1) is 0 Å². The third-order valence-corrected chi connectivity index (χ3v) is 2.80. The fourth-order valence-electron chi connectivity index (χ4n) is 1.16. The molecule has 0 fully saturated rings. The van der Waals surface area contributed by atoms with Crippen molar-refractivity contribution >= 4 is 44.3 Å². The van der Waals surface area contributed by atoms with Gasteiger partial charge < -0.3 is 5.32 Å². The number of amides is 1. The number of nitrogens with zero attached hydrogens (tertiary/aromatic N) is 4. The number of carbonyl (C=O) groups is 1. The van der Waals surface area contributed by atoms with Gasteiger partial charge >= 0.3 is 0 Å². The minimum absolute atomic E-state index is 0.318. The van der Waals surface area contributed by atoms with Crippen molar-refractivity contribution in [3.8, 4) is 0 Å². The highest BCUT2D eigenvalue weighted by Gasteiger charge is 2.14. The molecule has 0 unspecified atom stereocenters. The van der Waals surface area contributed by atoms with E-state index in [0.717, 1.165) is 16.0 Å². The van der Waals surface area contributed by atoms with E-state index in [2.05, 4.69) is 46.3 Å². The Hall–Kier alpha value is -1.61. The zero-order valence-electron chi connectivity index (χ0n) is 8.64. The highest BCUT2D eigenvalue weighted by molar-refractivity contribution is 9.10. The van der Waals surface area contributed by atoms with Gasteiger partial charge in [0.25, 0.3) is 5.91 Å². The molecular weight excluding hydrogens is 308 g/mol. The molecular formula is C8H7BrN6OS. The Balaban J connectivity index is 2.26. The summed E-state index contributed by atoms with van der Waals surface area (Å²) in [4.78, 5) is 16.0. The van der Waals surface area contributed by atoms with Gasteiger partial charge in [0.2, 0.25) is 5.13 Å². The van der Waals surface area contributed by atoms with Crippen LogP contribution in [0.3, 0.4) is 0 Å². The number of rotatable bonds is 3. The number of hydrogen-bond donors (Lipinski definition) is 2. The molecule has 9 heteroatoms. The van der Waals surface area contributed by atoms with Crippen molar-refractivity contribution in [2.75, 3.05) is 17.7 Å². The highest BCUT2D eigenvalue weighted by Crippen LogP contribution is 2.19. The first-order valence-corrected chi connectivity index (χ1v) is 6.07. The Morgan fingerprint density at radius 3 is 3.00 bits per heavy atom. The second kappa shape index (κ2) is 5.15. The summed E-state index contributed by atoms with van der Waals surface area (Å²) in [6.07, 6.45) is 1.61. The van der Waals surface area contributed by atoms with Crippen LogP contribution in [0.2, 0.25) is 0 Å². The fourth-order valence-corrected chi connectivity index (χ4v) is 1.85. The van der Waals surface area contributed by atoms with Crippen molar-refractivity contribution in [1.29, 1.82) is 0 Å². The maximum absolute atomic E-state index is 11.9.